The summed E-state index contributed by atoms with van der Waals surface area (Å²) in [5.74, 6) is 0.341. The fourth-order valence-electron chi connectivity index (χ4n) is 1.21. The quantitative estimate of drug-likeness (QED) is 0.635. The minimum Gasteiger partial charge on any atom is -0.330 e. The number of unbranched alkanes of at least 4 members (excludes halogenated alkanes) is 4. The Morgan fingerprint density at radius 1 is 1.00 bits per heavy atom. The maximum absolute atomic E-state index is 11.4. The predicted molar refractivity (Wildman–Crippen MR) is 61.1 cm³/mol. The van der Waals surface area contributed by atoms with E-state index in [-0.39, 0.29) is 5.25 Å². The lowest BCUT2D eigenvalue weighted by molar-refractivity contribution is 0.577. The predicted octanol–water partition coefficient (Wildman–Crippen LogP) is 1.72. The van der Waals surface area contributed by atoms with E-state index >= 15 is 0 Å². The van der Waals surface area contributed by atoms with Crippen molar-refractivity contribution in [3.05, 3.63) is 0 Å². The van der Waals surface area contributed by atoms with Crippen molar-refractivity contribution in [1.82, 2.24) is 0 Å². The number of rotatable bonds is 8. The molecule has 0 spiro atoms. The molecular weight excluding hydrogens is 198 g/mol. The van der Waals surface area contributed by atoms with Crippen molar-refractivity contribution in [2.24, 2.45) is 5.73 Å². The van der Waals surface area contributed by atoms with Gasteiger partial charge in [-0.15, -0.1) is 0 Å². The average Bonchev–Trinajstić information content (AvgIpc) is 2.10. The van der Waals surface area contributed by atoms with Gasteiger partial charge in [0.1, 0.15) is 0 Å². The molecule has 0 aromatic carbocycles. The van der Waals surface area contributed by atoms with Crippen LogP contribution in [-0.4, -0.2) is 26.0 Å². The first-order valence-electron chi connectivity index (χ1n) is 5.42. The van der Waals surface area contributed by atoms with Gasteiger partial charge in [0.2, 0.25) is 0 Å². The summed E-state index contributed by atoms with van der Waals surface area (Å²) in [6, 6.07) is 0. The SMILES string of the molecule is CC(C)S(=O)(=O)CCCCCCCN. The Morgan fingerprint density at radius 2 is 1.50 bits per heavy atom. The van der Waals surface area contributed by atoms with Crippen LogP contribution in [0, 0.1) is 0 Å². The van der Waals surface area contributed by atoms with Crippen LogP contribution in [0.3, 0.4) is 0 Å². The summed E-state index contributed by atoms with van der Waals surface area (Å²) in [7, 11) is -2.82. The average molecular weight is 221 g/mol. The van der Waals surface area contributed by atoms with Crippen molar-refractivity contribution in [2.45, 2.75) is 51.2 Å². The second-order valence-corrected chi connectivity index (χ2v) is 6.65. The lowest BCUT2D eigenvalue weighted by Gasteiger charge is -2.06. The number of nitrogens with two attached hydrogens (primary N) is 1. The highest BCUT2D eigenvalue weighted by Crippen LogP contribution is 2.07. The maximum atomic E-state index is 11.4. The Morgan fingerprint density at radius 3 is 2.00 bits per heavy atom. The molecule has 0 atom stereocenters. The summed E-state index contributed by atoms with van der Waals surface area (Å²) < 4.78 is 22.8. The first kappa shape index (κ1) is 13.9. The van der Waals surface area contributed by atoms with Gasteiger partial charge in [0.05, 0.1) is 11.0 Å². The molecule has 0 saturated carbocycles. The second-order valence-electron chi connectivity index (χ2n) is 3.97. The fraction of sp³-hybridized carbons (Fsp3) is 1.00. The van der Waals surface area contributed by atoms with Crippen LogP contribution >= 0.6 is 0 Å². The summed E-state index contributed by atoms with van der Waals surface area (Å²) in [6.45, 7) is 4.22. The van der Waals surface area contributed by atoms with Gasteiger partial charge in [-0.05, 0) is 33.2 Å². The third-order valence-electron chi connectivity index (χ3n) is 2.35. The van der Waals surface area contributed by atoms with E-state index in [1.807, 2.05) is 0 Å². The lowest BCUT2D eigenvalue weighted by atomic mass is 10.2. The summed E-state index contributed by atoms with van der Waals surface area (Å²) in [6.07, 6.45) is 5.08. The molecule has 0 saturated heterocycles. The summed E-state index contributed by atoms with van der Waals surface area (Å²) in [5.41, 5.74) is 5.36. The van der Waals surface area contributed by atoms with E-state index in [4.69, 9.17) is 5.73 Å². The van der Waals surface area contributed by atoms with E-state index in [0.29, 0.717) is 5.75 Å². The molecule has 14 heavy (non-hydrogen) atoms. The monoisotopic (exact) mass is 221 g/mol. The minimum atomic E-state index is -2.82. The van der Waals surface area contributed by atoms with E-state index in [1.54, 1.807) is 13.8 Å². The molecule has 0 aliphatic heterocycles. The van der Waals surface area contributed by atoms with Gasteiger partial charge in [0.15, 0.2) is 9.84 Å². The molecule has 2 N–H and O–H groups in total. The Bertz CT molecular complexity index is 222. The Kier molecular flexibility index (Phi) is 7.19. The van der Waals surface area contributed by atoms with Crippen LogP contribution < -0.4 is 5.73 Å². The van der Waals surface area contributed by atoms with E-state index in [9.17, 15) is 8.42 Å². The van der Waals surface area contributed by atoms with Crippen molar-refractivity contribution in [2.75, 3.05) is 12.3 Å². The first-order valence-corrected chi connectivity index (χ1v) is 7.14. The highest BCUT2D eigenvalue weighted by atomic mass is 32.2. The molecule has 0 bridgehead atoms. The molecule has 0 aromatic rings. The summed E-state index contributed by atoms with van der Waals surface area (Å²) in [5, 5.41) is -0.230. The normalized spacial score (nSPS) is 12.3. The topological polar surface area (TPSA) is 60.2 Å². The molecule has 0 heterocycles. The minimum absolute atomic E-state index is 0.230. The number of hydrogen-bond acceptors (Lipinski definition) is 3. The van der Waals surface area contributed by atoms with Crippen molar-refractivity contribution < 1.29 is 8.42 Å². The van der Waals surface area contributed by atoms with Crippen LogP contribution in [0.4, 0.5) is 0 Å². The van der Waals surface area contributed by atoms with E-state index < -0.39 is 9.84 Å². The van der Waals surface area contributed by atoms with Gasteiger partial charge in [-0.2, -0.15) is 0 Å². The largest absolute Gasteiger partial charge is 0.330 e. The fourth-order valence-corrected chi connectivity index (χ4v) is 2.29. The molecule has 86 valence electrons. The van der Waals surface area contributed by atoms with Gasteiger partial charge in [0, 0.05) is 0 Å². The third-order valence-corrected chi connectivity index (χ3v) is 4.65. The molecule has 0 unspecified atom stereocenters. The summed E-state index contributed by atoms with van der Waals surface area (Å²) >= 11 is 0. The molecule has 0 fully saturated rings. The van der Waals surface area contributed by atoms with Crippen molar-refractivity contribution in [3.8, 4) is 0 Å². The maximum Gasteiger partial charge on any atom is 0.152 e. The Balaban J connectivity index is 3.46. The van der Waals surface area contributed by atoms with Crippen molar-refractivity contribution in [3.63, 3.8) is 0 Å². The molecule has 3 nitrogen and oxygen atoms in total. The highest BCUT2D eigenvalue weighted by molar-refractivity contribution is 7.91. The van der Waals surface area contributed by atoms with Crippen molar-refractivity contribution in [1.29, 1.82) is 0 Å². The van der Waals surface area contributed by atoms with Crippen LogP contribution in [0.1, 0.15) is 46.0 Å². The van der Waals surface area contributed by atoms with Gasteiger partial charge >= 0.3 is 0 Å². The molecule has 0 rings (SSSR count). The van der Waals surface area contributed by atoms with Crippen LogP contribution in [0.5, 0.6) is 0 Å². The third kappa shape index (κ3) is 6.38. The van der Waals surface area contributed by atoms with Crippen LogP contribution in [0.25, 0.3) is 0 Å². The van der Waals surface area contributed by atoms with Gasteiger partial charge in [0.25, 0.3) is 0 Å². The van der Waals surface area contributed by atoms with E-state index in [1.165, 1.54) is 0 Å². The standard InChI is InChI=1S/C10H23NO2S/c1-10(2)14(12,13)9-7-5-3-4-6-8-11/h10H,3-9,11H2,1-2H3. The second kappa shape index (κ2) is 7.23. The molecule has 0 aliphatic rings. The molecule has 0 radical (unpaired) electrons. The molecular formula is C10H23NO2S. The zero-order valence-electron chi connectivity index (χ0n) is 9.33. The van der Waals surface area contributed by atoms with Crippen LogP contribution in [0.2, 0.25) is 0 Å². The Labute approximate surface area is 88.0 Å². The molecule has 0 aliphatic carbocycles. The van der Waals surface area contributed by atoms with Gasteiger partial charge in [-0.1, -0.05) is 19.3 Å². The molecule has 4 heteroatoms. The van der Waals surface area contributed by atoms with Crippen LogP contribution in [0.15, 0.2) is 0 Å². The summed E-state index contributed by atoms with van der Waals surface area (Å²) in [4.78, 5) is 0. The van der Waals surface area contributed by atoms with Gasteiger partial charge in [-0.3, -0.25) is 0 Å². The van der Waals surface area contributed by atoms with Crippen molar-refractivity contribution >= 4 is 9.84 Å². The molecule has 0 aromatic heterocycles. The van der Waals surface area contributed by atoms with Crippen LogP contribution in [-0.2, 0) is 9.84 Å². The number of hydrogen-bond donors (Lipinski definition) is 1. The van der Waals surface area contributed by atoms with Gasteiger partial charge in [-0.25, -0.2) is 8.42 Å². The lowest BCUT2D eigenvalue weighted by Crippen LogP contribution is -2.17. The molecule has 0 amide bonds. The zero-order valence-corrected chi connectivity index (χ0v) is 10.1. The van der Waals surface area contributed by atoms with E-state index in [0.717, 1.165) is 38.6 Å². The van der Waals surface area contributed by atoms with Gasteiger partial charge < -0.3 is 5.73 Å². The smallest absolute Gasteiger partial charge is 0.152 e. The van der Waals surface area contributed by atoms with E-state index in [2.05, 4.69) is 0 Å². The zero-order chi connectivity index (χ0) is 11.0. The Hall–Kier alpha value is -0.0900. The first-order chi connectivity index (χ1) is 6.50. The number of sulfone groups is 1. The highest BCUT2D eigenvalue weighted by Gasteiger charge is 2.14.